The van der Waals surface area contributed by atoms with Gasteiger partial charge in [-0.3, -0.25) is 9.59 Å². The molecule has 31 heavy (non-hydrogen) atoms. The Labute approximate surface area is 189 Å². The quantitative estimate of drug-likeness (QED) is 0.525. The van der Waals surface area contributed by atoms with Gasteiger partial charge in [0.25, 0.3) is 0 Å². The number of aryl methyl sites for hydroxylation is 1. The lowest BCUT2D eigenvalue weighted by Crippen LogP contribution is -2.34. The fourth-order valence-electron chi connectivity index (χ4n) is 3.94. The van der Waals surface area contributed by atoms with Crippen LogP contribution in [0, 0.1) is 0 Å². The lowest BCUT2D eigenvalue weighted by atomic mass is 9.87. The Balaban J connectivity index is 1.47. The molecule has 0 radical (unpaired) electrons. The summed E-state index contributed by atoms with van der Waals surface area (Å²) in [5.41, 5.74) is 7.93. The number of hydrogen-bond donors (Lipinski definition) is 1. The summed E-state index contributed by atoms with van der Waals surface area (Å²) in [5.74, 6) is 0.622. The lowest BCUT2D eigenvalue weighted by molar-refractivity contribution is -0.129. The highest BCUT2D eigenvalue weighted by atomic mass is 32.2. The molecule has 0 fully saturated rings. The zero-order valence-electron chi connectivity index (χ0n) is 17.4. The van der Waals surface area contributed by atoms with Crippen LogP contribution >= 0.6 is 23.1 Å². The van der Waals surface area contributed by atoms with Crippen LogP contribution in [0.1, 0.15) is 36.4 Å². The molecule has 2 N–H and O–H groups in total. The van der Waals surface area contributed by atoms with Gasteiger partial charge >= 0.3 is 0 Å². The van der Waals surface area contributed by atoms with E-state index in [2.05, 4.69) is 28.4 Å². The molecule has 1 unspecified atom stereocenters. The van der Waals surface area contributed by atoms with Crippen molar-refractivity contribution in [2.75, 3.05) is 12.8 Å². The van der Waals surface area contributed by atoms with Crippen molar-refractivity contribution in [3.05, 3.63) is 52.9 Å². The summed E-state index contributed by atoms with van der Waals surface area (Å²) in [6.45, 7) is 0.387. The number of aromatic nitrogens is 3. The Morgan fingerprint density at radius 2 is 2.10 bits per heavy atom. The summed E-state index contributed by atoms with van der Waals surface area (Å²) in [6, 6.07) is 12.4. The molecule has 3 aromatic rings. The fourth-order valence-corrected chi connectivity index (χ4v) is 5.55. The number of amides is 2. The second-order valence-electron chi connectivity index (χ2n) is 7.55. The Hall–Kier alpha value is -2.65. The van der Waals surface area contributed by atoms with E-state index in [1.165, 1.54) is 22.9 Å². The zero-order valence-corrected chi connectivity index (χ0v) is 19.0. The second-order valence-corrected chi connectivity index (χ2v) is 9.44. The van der Waals surface area contributed by atoms with Crippen molar-refractivity contribution in [2.24, 2.45) is 5.73 Å². The maximum atomic E-state index is 13.0. The molecule has 0 aliphatic heterocycles. The summed E-state index contributed by atoms with van der Waals surface area (Å²) in [7, 11) is 1.88. The third-order valence-corrected chi connectivity index (χ3v) is 7.38. The molecule has 2 aromatic heterocycles. The number of fused-ring (bicyclic) bond motifs is 1. The number of primary amides is 1. The standard InChI is InChI=1S/C22H25N5O2S2/c1-26(17-9-4-7-15-6-2-3-8-16(15)17)20(29)14-31-22-25-24-21(18-10-5-13-30-18)27(22)12-11-19(23)28/h2-3,5-6,8,10,13,17H,4,7,9,11-12,14H2,1H3,(H2,23,28). The normalized spacial score (nSPS) is 15.5. The van der Waals surface area contributed by atoms with Gasteiger partial charge in [-0.05, 0) is 41.8 Å². The maximum absolute atomic E-state index is 13.0. The molecular formula is C22H25N5O2S2. The van der Waals surface area contributed by atoms with E-state index in [0.29, 0.717) is 17.5 Å². The number of thioether (sulfide) groups is 1. The van der Waals surface area contributed by atoms with Gasteiger partial charge in [0.15, 0.2) is 11.0 Å². The molecule has 0 bridgehead atoms. The summed E-state index contributed by atoms with van der Waals surface area (Å²) < 4.78 is 1.88. The third kappa shape index (κ3) is 4.83. The largest absolute Gasteiger partial charge is 0.370 e. The van der Waals surface area contributed by atoms with Gasteiger partial charge < -0.3 is 15.2 Å². The van der Waals surface area contributed by atoms with Crippen molar-refractivity contribution < 1.29 is 9.59 Å². The van der Waals surface area contributed by atoms with Gasteiger partial charge in [0, 0.05) is 20.0 Å². The van der Waals surface area contributed by atoms with Gasteiger partial charge in [-0.1, -0.05) is 42.1 Å². The van der Waals surface area contributed by atoms with E-state index in [1.54, 1.807) is 11.3 Å². The minimum atomic E-state index is -0.381. The summed E-state index contributed by atoms with van der Waals surface area (Å²) >= 11 is 2.90. The molecule has 2 heterocycles. The number of hydrogen-bond acceptors (Lipinski definition) is 6. The van der Waals surface area contributed by atoms with Crippen LogP contribution in [0.3, 0.4) is 0 Å². The number of nitrogens with two attached hydrogens (primary N) is 1. The number of carbonyl (C=O) groups is 2. The summed E-state index contributed by atoms with van der Waals surface area (Å²) in [5, 5.41) is 11.2. The predicted octanol–water partition coefficient (Wildman–Crippen LogP) is 3.51. The van der Waals surface area contributed by atoms with E-state index in [9.17, 15) is 9.59 Å². The Bertz CT molecular complexity index is 1060. The van der Waals surface area contributed by atoms with Crippen LogP contribution in [0.2, 0.25) is 0 Å². The average molecular weight is 456 g/mol. The maximum Gasteiger partial charge on any atom is 0.233 e. The first-order chi connectivity index (χ1) is 15.0. The monoisotopic (exact) mass is 455 g/mol. The van der Waals surface area contributed by atoms with E-state index in [-0.39, 0.29) is 30.0 Å². The number of thiophene rings is 1. The van der Waals surface area contributed by atoms with E-state index >= 15 is 0 Å². The highest BCUT2D eigenvalue weighted by Gasteiger charge is 2.27. The molecule has 0 saturated carbocycles. The second kappa shape index (κ2) is 9.65. The van der Waals surface area contributed by atoms with Gasteiger partial charge in [0.05, 0.1) is 16.7 Å². The van der Waals surface area contributed by atoms with E-state index in [4.69, 9.17) is 5.73 Å². The van der Waals surface area contributed by atoms with E-state index in [0.717, 1.165) is 24.1 Å². The van der Waals surface area contributed by atoms with Crippen molar-refractivity contribution >= 4 is 34.9 Å². The van der Waals surface area contributed by atoms with Crippen molar-refractivity contribution in [3.8, 4) is 10.7 Å². The molecule has 2 amide bonds. The van der Waals surface area contributed by atoms with Crippen LogP contribution in [0.25, 0.3) is 10.7 Å². The van der Waals surface area contributed by atoms with Crippen LogP contribution in [-0.4, -0.2) is 44.3 Å². The molecule has 0 saturated heterocycles. The SMILES string of the molecule is CN(C(=O)CSc1nnc(-c2cccs2)n1CCC(N)=O)C1CCCc2ccccc21. The summed E-state index contributed by atoms with van der Waals surface area (Å²) in [4.78, 5) is 27.2. The van der Waals surface area contributed by atoms with Gasteiger partial charge in [-0.25, -0.2) is 0 Å². The van der Waals surface area contributed by atoms with Gasteiger partial charge in [-0.2, -0.15) is 0 Å². The first-order valence-corrected chi connectivity index (χ1v) is 12.1. The fraction of sp³-hybridized carbons (Fsp3) is 0.364. The molecule has 7 nitrogen and oxygen atoms in total. The van der Waals surface area contributed by atoms with Gasteiger partial charge in [0.2, 0.25) is 11.8 Å². The highest BCUT2D eigenvalue weighted by Crippen LogP contribution is 2.34. The molecule has 1 atom stereocenters. The molecular weight excluding hydrogens is 430 g/mol. The topological polar surface area (TPSA) is 94.1 Å². The zero-order chi connectivity index (χ0) is 21.8. The first-order valence-electron chi connectivity index (χ1n) is 10.3. The van der Waals surface area contributed by atoms with Crippen molar-refractivity contribution in [3.63, 3.8) is 0 Å². The first kappa shape index (κ1) is 21.6. The lowest BCUT2D eigenvalue weighted by Gasteiger charge is -2.33. The van der Waals surface area contributed by atoms with E-state index < -0.39 is 0 Å². The van der Waals surface area contributed by atoms with E-state index in [1.807, 2.05) is 40.1 Å². The Morgan fingerprint density at radius 1 is 1.26 bits per heavy atom. The number of benzene rings is 1. The van der Waals surface area contributed by atoms with Crippen molar-refractivity contribution in [2.45, 2.75) is 43.4 Å². The third-order valence-electron chi connectivity index (χ3n) is 5.56. The van der Waals surface area contributed by atoms with Gasteiger partial charge in [-0.15, -0.1) is 21.5 Å². The molecule has 0 spiro atoms. The van der Waals surface area contributed by atoms with Crippen LogP contribution in [0.15, 0.2) is 46.9 Å². The average Bonchev–Trinajstić information content (AvgIpc) is 3.44. The smallest absolute Gasteiger partial charge is 0.233 e. The van der Waals surface area contributed by atoms with Crippen LogP contribution < -0.4 is 5.73 Å². The molecule has 1 aliphatic rings. The van der Waals surface area contributed by atoms with Crippen LogP contribution in [-0.2, 0) is 22.6 Å². The number of carbonyl (C=O) groups excluding carboxylic acids is 2. The minimum absolute atomic E-state index is 0.0498. The highest BCUT2D eigenvalue weighted by molar-refractivity contribution is 7.99. The molecule has 9 heteroatoms. The van der Waals surface area contributed by atoms with Gasteiger partial charge in [0.1, 0.15) is 0 Å². The predicted molar refractivity (Wildman–Crippen MR) is 123 cm³/mol. The minimum Gasteiger partial charge on any atom is -0.370 e. The molecule has 162 valence electrons. The number of rotatable bonds is 8. The molecule has 1 aromatic carbocycles. The van der Waals surface area contributed by atoms with Crippen molar-refractivity contribution in [1.29, 1.82) is 0 Å². The van der Waals surface area contributed by atoms with Crippen LogP contribution in [0.4, 0.5) is 0 Å². The number of nitrogens with zero attached hydrogens (tertiary/aromatic N) is 4. The van der Waals surface area contributed by atoms with Crippen LogP contribution in [0.5, 0.6) is 0 Å². The molecule has 4 rings (SSSR count). The Morgan fingerprint density at radius 3 is 2.87 bits per heavy atom. The van der Waals surface area contributed by atoms with Crippen molar-refractivity contribution in [1.82, 2.24) is 19.7 Å². The molecule has 1 aliphatic carbocycles. The Kier molecular flexibility index (Phi) is 6.72. The summed E-state index contributed by atoms with van der Waals surface area (Å²) in [6.07, 6.45) is 3.31.